The van der Waals surface area contributed by atoms with Gasteiger partial charge in [0.15, 0.2) is 13.5 Å². The van der Waals surface area contributed by atoms with Crippen LogP contribution in [0.3, 0.4) is 0 Å². The van der Waals surface area contributed by atoms with E-state index in [1.54, 1.807) is 0 Å². The lowest BCUT2D eigenvalue weighted by Gasteiger charge is -2.33. The predicted octanol–water partition coefficient (Wildman–Crippen LogP) is 0.523. The van der Waals surface area contributed by atoms with Crippen molar-refractivity contribution in [1.29, 1.82) is 0 Å². The van der Waals surface area contributed by atoms with Gasteiger partial charge < -0.3 is 10.2 Å². The monoisotopic (exact) mass is 162 g/mol. The van der Waals surface area contributed by atoms with Crippen molar-refractivity contribution in [2.24, 2.45) is 0 Å². The van der Waals surface area contributed by atoms with Gasteiger partial charge in [0.1, 0.15) is 0 Å². The van der Waals surface area contributed by atoms with Crippen LogP contribution >= 0.6 is 0 Å². The molecule has 0 aromatic rings. The summed E-state index contributed by atoms with van der Waals surface area (Å²) in [6, 6.07) is 0. The molecule has 68 valence electrons. The molecule has 0 spiro atoms. The quantitative estimate of drug-likeness (QED) is 0.441. The lowest BCUT2D eigenvalue weighted by Crippen LogP contribution is -2.50. The summed E-state index contributed by atoms with van der Waals surface area (Å²) in [4.78, 5) is 0. The number of hydrogen-bond acceptors (Lipinski definition) is 2. The smallest absolute Gasteiger partial charge is 0.182 e. The standard InChI is InChI=1S/C8H20NO2/c1-3-5-9(7-10,8-11)6-4-2/h10-11H,3-8H2,1-2H3/q+1. The molecule has 0 aromatic heterocycles. The van der Waals surface area contributed by atoms with Crippen molar-refractivity contribution in [2.75, 3.05) is 26.6 Å². The zero-order chi connectivity index (χ0) is 8.74. The Morgan fingerprint density at radius 1 is 0.909 bits per heavy atom. The average Bonchev–Trinajstić information content (AvgIpc) is 2.04. The maximum Gasteiger partial charge on any atom is 0.182 e. The van der Waals surface area contributed by atoms with Gasteiger partial charge >= 0.3 is 0 Å². The molecule has 0 amide bonds. The van der Waals surface area contributed by atoms with Crippen LogP contribution in [0.5, 0.6) is 0 Å². The van der Waals surface area contributed by atoms with E-state index in [0.29, 0.717) is 4.48 Å². The third-order valence-corrected chi connectivity index (χ3v) is 2.00. The molecule has 3 nitrogen and oxygen atoms in total. The van der Waals surface area contributed by atoms with Crippen molar-refractivity contribution in [3.8, 4) is 0 Å². The second-order valence-corrected chi connectivity index (χ2v) is 3.07. The van der Waals surface area contributed by atoms with Gasteiger partial charge in [0, 0.05) is 0 Å². The van der Waals surface area contributed by atoms with E-state index in [4.69, 9.17) is 10.2 Å². The lowest BCUT2D eigenvalue weighted by atomic mass is 10.3. The van der Waals surface area contributed by atoms with Crippen LogP contribution in [0, 0.1) is 0 Å². The summed E-state index contributed by atoms with van der Waals surface area (Å²) in [6.45, 7) is 5.96. The molecule has 0 saturated heterocycles. The molecule has 0 aromatic carbocycles. The maximum atomic E-state index is 9.05. The van der Waals surface area contributed by atoms with E-state index in [1.165, 1.54) is 0 Å². The van der Waals surface area contributed by atoms with Crippen LogP contribution in [0.2, 0.25) is 0 Å². The third kappa shape index (κ3) is 3.18. The molecule has 0 bridgehead atoms. The molecule has 0 aliphatic carbocycles. The zero-order valence-corrected chi connectivity index (χ0v) is 7.58. The number of aliphatic hydroxyl groups is 2. The fourth-order valence-corrected chi connectivity index (χ4v) is 1.39. The van der Waals surface area contributed by atoms with Crippen molar-refractivity contribution >= 4 is 0 Å². The van der Waals surface area contributed by atoms with Crippen LogP contribution in [0.4, 0.5) is 0 Å². The Morgan fingerprint density at radius 2 is 1.27 bits per heavy atom. The second-order valence-electron chi connectivity index (χ2n) is 3.07. The maximum absolute atomic E-state index is 9.05. The SMILES string of the molecule is CCC[N+](CO)(CO)CCC. The molecular formula is C8H20NO2+. The molecule has 0 rings (SSSR count). The van der Waals surface area contributed by atoms with Gasteiger partial charge in [-0.15, -0.1) is 0 Å². The van der Waals surface area contributed by atoms with E-state index >= 15 is 0 Å². The summed E-state index contributed by atoms with van der Waals surface area (Å²) in [7, 11) is 0. The molecule has 0 heterocycles. The number of quaternary nitrogens is 1. The van der Waals surface area contributed by atoms with E-state index in [-0.39, 0.29) is 13.5 Å². The normalized spacial score (nSPS) is 12.0. The third-order valence-electron chi connectivity index (χ3n) is 2.00. The molecule has 0 fully saturated rings. The van der Waals surface area contributed by atoms with Gasteiger partial charge in [-0.3, -0.25) is 4.48 Å². The van der Waals surface area contributed by atoms with Crippen molar-refractivity contribution in [3.63, 3.8) is 0 Å². The Hall–Kier alpha value is -0.120. The molecule has 0 atom stereocenters. The Morgan fingerprint density at radius 3 is 1.45 bits per heavy atom. The molecule has 3 heteroatoms. The molecule has 2 N–H and O–H groups in total. The molecule has 0 saturated carbocycles. The topological polar surface area (TPSA) is 40.5 Å². The minimum atomic E-state index is 0.0537. The molecule has 0 radical (unpaired) electrons. The van der Waals surface area contributed by atoms with Gasteiger partial charge in [-0.2, -0.15) is 0 Å². The largest absolute Gasteiger partial charge is 0.347 e. The van der Waals surface area contributed by atoms with Crippen molar-refractivity contribution in [1.82, 2.24) is 0 Å². The highest BCUT2D eigenvalue weighted by molar-refractivity contribution is 4.34. The second kappa shape index (κ2) is 5.52. The highest BCUT2D eigenvalue weighted by atomic mass is 16.3. The number of aliphatic hydroxyl groups excluding tert-OH is 2. The summed E-state index contributed by atoms with van der Waals surface area (Å²) >= 11 is 0. The Bertz CT molecular complexity index is 84.1. The van der Waals surface area contributed by atoms with Crippen molar-refractivity contribution in [2.45, 2.75) is 26.7 Å². The van der Waals surface area contributed by atoms with Crippen LogP contribution in [-0.2, 0) is 0 Å². The van der Waals surface area contributed by atoms with E-state index in [1.807, 2.05) is 0 Å². The van der Waals surface area contributed by atoms with Crippen molar-refractivity contribution in [3.05, 3.63) is 0 Å². The number of nitrogens with zero attached hydrogens (tertiary/aromatic N) is 1. The first-order valence-corrected chi connectivity index (χ1v) is 4.31. The van der Waals surface area contributed by atoms with E-state index in [9.17, 15) is 0 Å². The Balaban J connectivity index is 3.96. The molecule has 0 aliphatic heterocycles. The average molecular weight is 162 g/mol. The summed E-state index contributed by atoms with van der Waals surface area (Å²) < 4.78 is 0.438. The van der Waals surface area contributed by atoms with Crippen LogP contribution < -0.4 is 0 Å². The minimum absolute atomic E-state index is 0.0537. The summed E-state index contributed by atoms with van der Waals surface area (Å²) in [5.74, 6) is 0. The summed E-state index contributed by atoms with van der Waals surface area (Å²) in [5, 5.41) is 18.1. The number of rotatable bonds is 6. The highest BCUT2D eigenvalue weighted by Gasteiger charge is 2.22. The zero-order valence-electron chi connectivity index (χ0n) is 7.58. The first kappa shape index (κ1) is 10.9. The fraction of sp³-hybridized carbons (Fsp3) is 1.00. The van der Waals surface area contributed by atoms with Gasteiger partial charge in [0.05, 0.1) is 13.1 Å². The molecule has 11 heavy (non-hydrogen) atoms. The lowest BCUT2D eigenvalue weighted by molar-refractivity contribution is -0.961. The Kier molecular flexibility index (Phi) is 5.46. The van der Waals surface area contributed by atoms with Crippen LogP contribution in [0.15, 0.2) is 0 Å². The summed E-state index contributed by atoms with van der Waals surface area (Å²) in [5.41, 5.74) is 0. The van der Waals surface area contributed by atoms with Crippen molar-refractivity contribution < 1.29 is 14.7 Å². The van der Waals surface area contributed by atoms with Gasteiger partial charge in [0.2, 0.25) is 0 Å². The Labute approximate surface area is 68.9 Å². The van der Waals surface area contributed by atoms with Gasteiger partial charge in [-0.1, -0.05) is 13.8 Å². The van der Waals surface area contributed by atoms with Gasteiger partial charge in [-0.25, -0.2) is 0 Å². The fourth-order valence-electron chi connectivity index (χ4n) is 1.39. The highest BCUT2D eigenvalue weighted by Crippen LogP contribution is 2.06. The first-order chi connectivity index (χ1) is 5.24. The molecular weight excluding hydrogens is 142 g/mol. The number of hydrogen-bond donors (Lipinski definition) is 2. The summed E-state index contributed by atoms with van der Waals surface area (Å²) in [6.07, 6.45) is 2.00. The first-order valence-electron chi connectivity index (χ1n) is 4.31. The van der Waals surface area contributed by atoms with Gasteiger partial charge in [0.25, 0.3) is 0 Å². The molecule has 0 unspecified atom stereocenters. The predicted molar refractivity (Wildman–Crippen MR) is 44.7 cm³/mol. The van der Waals surface area contributed by atoms with Crippen LogP contribution in [0.25, 0.3) is 0 Å². The van der Waals surface area contributed by atoms with Crippen LogP contribution in [-0.4, -0.2) is 41.2 Å². The minimum Gasteiger partial charge on any atom is -0.347 e. The van der Waals surface area contributed by atoms with E-state index in [2.05, 4.69) is 13.8 Å². The molecule has 0 aliphatic rings. The van der Waals surface area contributed by atoms with E-state index in [0.717, 1.165) is 25.9 Å². The van der Waals surface area contributed by atoms with E-state index < -0.39 is 0 Å². The van der Waals surface area contributed by atoms with Gasteiger partial charge in [-0.05, 0) is 12.8 Å². The van der Waals surface area contributed by atoms with Crippen LogP contribution in [0.1, 0.15) is 26.7 Å².